The zero-order valence-corrected chi connectivity index (χ0v) is 17.8. The molecule has 0 aromatic heterocycles. The molecule has 1 rings (SSSR count). The largest absolute Gasteiger partial charge is 0.406 e. The Hall–Kier alpha value is -2.14. The Labute approximate surface area is 168 Å². The fourth-order valence-corrected chi connectivity index (χ4v) is 3.61. The number of carbonyl (C=O) groups excluding carboxylic acids is 2. The molecule has 0 radical (unpaired) electrons. The van der Waals surface area contributed by atoms with Gasteiger partial charge >= 0.3 is 6.18 Å². The lowest BCUT2D eigenvalue weighted by Gasteiger charge is -2.31. The van der Waals surface area contributed by atoms with Crippen LogP contribution in [0.15, 0.2) is 29.2 Å². The van der Waals surface area contributed by atoms with Crippen molar-refractivity contribution in [3.8, 4) is 0 Å². The molecule has 0 spiro atoms. The molecule has 164 valence electrons. The molecule has 0 aliphatic carbocycles. The second-order valence-corrected chi connectivity index (χ2v) is 9.94. The van der Waals surface area contributed by atoms with E-state index in [4.69, 9.17) is 0 Å². The molecule has 2 amide bonds. The van der Waals surface area contributed by atoms with Gasteiger partial charge in [0.15, 0.2) is 0 Å². The van der Waals surface area contributed by atoms with Crippen LogP contribution in [0.3, 0.4) is 0 Å². The van der Waals surface area contributed by atoms with Crippen LogP contribution in [0.4, 0.5) is 18.9 Å². The van der Waals surface area contributed by atoms with Crippen LogP contribution in [-0.4, -0.2) is 62.3 Å². The maximum absolute atomic E-state index is 12.9. The summed E-state index contributed by atoms with van der Waals surface area (Å²) in [6.07, 6.45) is -4.60. The van der Waals surface area contributed by atoms with Gasteiger partial charge in [0.05, 0.1) is 11.4 Å². The molecule has 0 saturated carbocycles. The number of sulfonamides is 1. The van der Waals surface area contributed by atoms with Crippen molar-refractivity contribution in [2.24, 2.45) is 5.41 Å². The summed E-state index contributed by atoms with van der Waals surface area (Å²) in [5.74, 6) is -1.27. The number of likely N-dealkylation sites (N-methyl/N-ethyl adjacent to an activating group) is 1. The van der Waals surface area contributed by atoms with Crippen molar-refractivity contribution in [1.29, 1.82) is 0 Å². The van der Waals surface area contributed by atoms with Crippen LogP contribution in [0, 0.1) is 5.41 Å². The standard InChI is InChI=1S/C18H26F3N3O4S/c1-13(25)22-14-6-8-15(9-7-14)29(27,28)23(5)10-16(26)24(11-17(2,3)4)12-18(19,20)21/h6-9H,10-12H2,1-5H3,(H,22,25). The summed E-state index contributed by atoms with van der Waals surface area (Å²) >= 11 is 0. The quantitative estimate of drug-likeness (QED) is 0.711. The Bertz CT molecular complexity index is 815. The molecule has 0 saturated heterocycles. The second kappa shape index (κ2) is 9.12. The van der Waals surface area contributed by atoms with Gasteiger partial charge in [-0.15, -0.1) is 0 Å². The number of carbonyl (C=O) groups is 2. The van der Waals surface area contributed by atoms with E-state index in [-0.39, 0.29) is 17.3 Å². The van der Waals surface area contributed by atoms with Crippen molar-refractivity contribution < 1.29 is 31.2 Å². The first-order valence-corrected chi connectivity index (χ1v) is 10.1. The van der Waals surface area contributed by atoms with Crippen LogP contribution in [-0.2, 0) is 19.6 Å². The molecule has 11 heteroatoms. The van der Waals surface area contributed by atoms with Crippen LogP contribution in [0.25, 0.3) is 0 Å². The lowest BCUT2D eigenvalue weighted by Crippen LogP contribution is -2.47. The van der Waals surface area contributed by atoms with Crippen LogP contribution < -0.4 is 5.32 Å². The molecule has 7 nitrogen and oxygen atoms in total. The first-order chi connectivity index (χ1) is 13.0. The molecular weight excluding hydrogens is 411 g/mol. The Morgan fingerprint density at radius 2 is 1.55 bits per heavy atom. The fraction of sp³-hybridized carbons (Fsp3) is 0.556. The molecule has 0 aliphatic heterocycles. The minimum Gasteiger partial charge on any atom is -0.332 e. The zero-order chi connectivity index (χ0) is 22.6. The number of benzene rings is 1. The van der Waals surface area contributed by atoms with E-state index in [1.165, 1.54) is 31.2 Å². The predicted octanol–water partition coefficient (Wildman–Crippen LogP) is 2.70. The number of rotatable bonds is 7. The number of hydrogen-bond donors (Lipinski definition) is 1. The SMILES string of the molecule is CC(=O)Nc1ccc(S(=O)(=O)N(C)CC(=O)N(CC(C)(C)C)CC(F)(F)F)cc1. The zero-order valence-electron chi connectivity index (χ0n) is 17.0. The average Bonchev–Trinajstić information content (AvgIpc) is 2.51. The molecule has 0 atom stereocenters. The van der Waals surface area contributed by atoms with E-state index in [0.717, 1.165) is 7.05 Å². The Morgan fingerprint density at radius 3 is 1.97 bits per heavy atom. The van der Waals surface area contributed by atoms with Crippen molar-refractivity contribution in [2.75, 3.05) is 32.0 Å². The monoisotopic (exact) mass is 437 g/mol. The van der Waals surface area contributed by atoms with Crippen molar-refractivity contribution >= 4 is 27.5 Å². The lowest BCUT2D eigenvalue weighted by atomic mass is 9.96. The van der Waals surface area contributed by atoms with Gasteiger partial charge < -0.3 is 10.2 Å². The van der Waals surface area contributed by atoms with Gasteiger partial charge in [0, 0.05) is 26.2 Å². The fourth-order valence-electron chi connectivity index (χ4n) is 2.49. The molecule has 0 heterocycles. The van der Waals surface area contributed by atoms with E-state index in [9.17, 15) is 31.2 Å². The van der Waals surface area contributed by atoms with Crippen molar-refractivity contribution in [3.05, 3.63) is 24.3 Å². The number of amides is 2. The molecular formula is C18H26F3N3O4S. The van der Waals surface area contributed by atoms with Crippen molar-refractivity contribution in [3.63, 3.8) is 0 Å². The summed E-state index contributed by atoms with van der Waals surface area (Å²) in [6.45, 7) is 3.98. The highest BCUT2D eigenvalue weighted by atomic mass is 32.2. The number of alkyl halides is 3. The molecule has 1 aromatic carbocycles. The predicted molar refractivity (Wildman–Crippen MR) is 103 cm³/mol. The van der Waals surface area contributed by atoms with Gasteiger partial charge in [-0.3, -0.25) is 9.59 Å². The number of halogens is 3. The van der Waals surface area contributed by atoms with Crippen LogP contribution in [0.1, 0.15) is 27.7 Å². The van der Waals surface area contributed by atoms with E-state index >= 15 is 0 Å². The third-order valence-corrected chi connectivity index (χ3v) is 5.45. The molecule has 29 heavy (non-hydrogen) atoms. The van der Waals surface area contributed by atoms with Crippen molar-refractivity contribution in [1.82, 2.24) is 9.21 Å². The first-order valence-electron chi connectivity index (χ1n) is 8.70. The highest BCUT2D eigenvalue weighted by Crippen LogP contribution is 2.22. The van der Waals surface area contributed by atoms with Gasteiger partial charge in [0.25, 0.3) is 0 Å². The normalized spacial score (nSPS) is 12.7. The summed E-state index contributed by atoms with van der Waals surface area (Å²) in [6, 6.07) is 5.23. The molecule has 0 unspecified atom stereocenters. The lowest BCUT2D eigenvalue weighted by molar-refractivity contribution is -0.163. The molecule has 0 aliphatic rings. The highest BCUT2D eigenvalue weighted by molar-refractivity contribution is 7.89. The maximum Gasteiger partial charge on any atom is 0.406 e. The third kappa shape index (κ3) is 8.40. The number of nitrogens with one attached hydrogen (secondary N) is 1. The number of nitrogens with zero attached hydrogens (tertiary/aromatic N) is 2. The third-order valence-electron chi connectivity index (χ3n) is 3.63. The van der Waals surface area contributed by atoms with E-state index < -0.39 is 40.6 Å². The second-order valence-electron chi connectivity index (χ2n) is 7.89. The minimum atomic E-state index is -4.60. The smallest absolute Gasteiger partial charge is 0.332 e. The summed E-state index contributed by atoms with van der Waals surface area (Å²) in [5.41, 5.74) is -0.213. The summed E-state index contributed by atoms with van der Waals surface area (Å²) in [5, 5.41) is 2.49. The first kappa shape index (κ1) is 24.9. The van der Waals surface area contributed by atoms with Crippen LogP contribution >= 0.6 is 0 Å². The average molecular weight is 437 g/mol. The molecule has 1 aromatic rings. The van der Waals surface area contributed by atoms with Gasteiger partial charge in [-0.05, 0) is 29.7 Å². The topological polar surface area (TPSA) is 86.8 Å². The van der Waals surface area contributed by atoms with E-state index in [1.54, 1.807) is 20.8 Å². The molecule has 0 fully saturated rings. The summed E-state index contributed by atoms with van der Waals surface area (Å²) in [4.78, 5) is 23.9. The van der Waals surface area contributed by atoms with E-state index in [2.05, 4.69) is 5.32 Å². The van der Waals surface area contributed by atoms with Gasteiger partial charge in [-0.1, -0.05) is 20.8 Å². The number of hydrogen-bond acceptors (Lipinski definition) is 4. The summed E-state index contributed by atoms with van der Waals surface area (Å²) in [7, 11) is -2.99. The van der Waals surface area contributed by atoms with Gasteiger partial charge in [0.2, 0.25) is 21.8 Å². The Morgan fingerprint density at radius 1 is 1.03 bits per heavy atom. The molecule has 0 bridgehead atoms. The maximum atomic E-state index is 12.9. The van der Waals surface area contributed by atoms with E-state index in [0.29, 0.717) is 14.9 Å². The Kier molecular flexibility index (Phi) is 7.83. The van der Waals surface area contributed by atoms with Gasteiger partial charge in [0.1, 0.15) is 6.54 Å². The summed E-state index contributed by atoms with van der Waals surface area (Å²) < 4.78 is 64.5. The van der Waals surface area contributed by atoms with Gasteiger partial charge in [-0.25, -0.2) is 8.42 Å². The highest BCUT2D eigenvalue weighted by Gasteiger charge is 2.36. The molecule has 1 N–H and O–H groups in total. The van der Waals surface area contributed by atoms with Crippen LogP contribution in [0.5, 0.6) is 0 Å². The van der Waals surface area contributed by atoms with Gasteiger partial charge in [-0.2, -0.15) is 17.5 Å². The van der Waals surface area contributed by atoms with Crippen LogP contribution in [0.2, 0.25) is 0 Å². The minimum absolute atomic E-state index is 0.153. The Balaban J connectivity index is 2.98. The van der Waals surface area contributed by atoms with E-state index in [1.807, 2.05) is 0 Å². The van der Waals surface area contributed by atoms with Crippen molar-refractivity contribution in [2.45, 2.75) is 38.8 Å². The number of anilines is 1.